The number of aryl methyl sites for hydroxylation is 2. The van der Waals surface area contributed by atoms with Gasteiger partial charge in [-0.1, -0.05) is 51.1 Å². The number of hydrogen-bond donors (Lipinski definition) is 1. The van der Waals surface area contributed by atoms with Crippen molar-refractivity contribution in [3.63, 3.8) is 0 Å². The number of carbonyl (C=O) groups excluding carboxylic acids is 2. The standard InChI is InChI=1S/C35H46NO8P/c1-9-34(37)41-21-40-33-16-15-28(19-31(33)23(2)3)20-32-25(6)17-30(18-26(32)7)42-22-45(39,44-29-13-11-10-12-14-29)36-27(8)35(38)43-24(4)5/h10-19,23-24,27H,9,20-22H2,1-8H3,(H,36,39)/t27-,45?/m0/s1. The van der Waals surface area contributed by atoms with Crippen molar-refractivity contribution in [1.29, 1.82) is 0 Å². The average Bonchev–Trinajstić information content (AvgIpc) is 2.98. The van der Waals surface area contributed by atoms with Crippen LogP contribution in [0.4, 0.5) is 0 Å². The van der Waals surface area contributed by atoms with Crippen LogP contribution in [0.15, 0.2) is 60.7 Å². The van der Waals surface area contributed by atoms with Gasteiger partial charge in [-0.25, -0.2) is 5.09 Å². The Morgan fingerprint density at radius 1 is 0.867 bits per heavy atom. The summed E-state index contributed by atoms with van der Waals surface area (Å²) in [6.07, 6.45) is 0.382. The minimum atomic E-state index is -3.71. The van der Waals surface area contributed by atoms with Gasteiger partial charge in [-0.15, -0.1) is 0 Å². The number of carbonyl (C=O) groups is 2. The summed E-state index contributed by atoms with van der Waals surface area (Å²) in [5, 5.41) is 2.83. The number of para-hydroxylation sites is 1. The van der Waals surface area contributed by atoms with Crippen LogP contribution in [0.25, 0.3) is 0 Å². The van der Waals surface area contributed by atoms with E-state index in [1.807, 2.05) is 44.2 Å². The van der Waals surface area contributed by atoms with E-state index in [0.29, 0.717) is 30.1 Å². The smallest absolute Gasteiger partial charge is 0.354 e. The first-order valence-corrected chi connectivity index (χ1v) is 17.1. The number of esters is 2. The third-order valence-corrected chi connectivity index (χ3v) is 8.72. The fraction of sp³-hybridized carbons (Fsp3) is 0.429. The number of ether oxygens (including phenoxy) is 4. The summed E-state index contributed by atoms with van der Waals surface area (Å²) >= 11 is 0. The molecular weight excluding hydrogens is 593 g/mol. The van der Waals surface area contributed by atoms with E-state index in [4.69, 9.17) is 23.5 Å². The van der Waals surface area contributed by atoms with Gasteiger partial charge in [0.15, 0.2) is 6.35 Å². The first kappa shape index (κ1) is 35.7. The van der Waals surface area contributed by atoms with Gasteiger partial charge in [0.25, 0.3) is 0 Å². The van der Waals surface area contributed by atoms with Crippen LogP contribution in [0.1, 0.15) is 81.7 Å². The van der Waals surface area contributed by atoms with Crippen molar-refractivity contribution in [2.45, 2.75) is 86.3 Å². The Morgan fingerprint density at radius 2 is 1.53 bits per heavy atom. The number of benzene rings is 3. The lowest BCUT2D eigenvalue weighted by molar-refractivity contribution is -0.150. The summed E-state index contributed by atoms with van der Waals surface area (Å²) < 4.78 is 42.0. The van der Waals surface area contributed by atoms with E-state index in [-0.39, 0.29) is 31.1 Å². The highest BCUT2D eigenvalue weighted by atomic mass is 31.2. The van der Waals surface area contributed by atoms with Crippen LogP contribution >= 0.6 is 7.52 Å². The summed E-state index contributed by atoms with van der Waals surface area (Å²) in [5.41, 5.74) is 5.33. The van der Waals surface area contributed by atoms with Crippen molar-refractivity contribution in [2.75, 3.05) is 13.1 Å². The summed E-state index contributed by atoms with van der Waals surface area (Å²) in [6, 6.07) is 17.8. The van der Waals surface area contributed by atoms with E-state index in [9.17, 15) is 14.2 Å². The second kappa shape index (κ2) is 16.5. The van der Waals surface area contributed by atoms with Gasteiger partial charge >= 0.3 is 19.5 Å². The summed E-state index contributed by atoms with van der Waals surface area (Å²) in [4.78, 5) is 23.9. The monoisotopic (exact) mass is 639 g/mol. The van der Waals surface area contributed by atoms with Crippen molar-refractivity contribution in [2.24, 2.45) is 0 Å². The summed E-state index contributed by atoms with van der Waals surface area (Å²) in [6.45, 7) is 14.9. The first-order chi connectivity index (χ1) is 21.3. The number of rotatable bonds is 16. The van der Waals surface area contributed by atoms with E-state index in [2.05, 4.69) is 25.0 Å². The van der Waals surface area contributed by atoms with Crippen LogP contribution < -0.4 is 19.1 Å². The lowest BCUT2D eigenvalue weighted by atomic mass is 9.93. The van der Waals surface area contributed by atoms with Crippen LogP contribution in [0.5, 0.6) is 17.2 Å². The second-order valence-corrected chi connectivity index (χ2v) is 13.6. The highest BCUT2D eigenvalue weighted by Gasteiger charge is 2.32. The molecule has 0 saturated carbocycles. The molecule has 2 atom stereocenters. The molecular formula is C35H46NO8P. The van der Waals surface area contributed by atoms with Gasteiger partial charge in [0.2, 0.25) is 6.79 Å². The fourth-order valence-electron chi connectivity index (χ4n) is 4.65. The maximum absolute atomic E-state index is 14.0. The largest absolute Gasteiger partial charge is 0.481 e. The van der Waals surface area contributed by atoms with Gasteiger partial charge in [0.1, 0.15) is 23.3 Å². The molecule has 0 spiro atoms. The third kappa shape index (κ3) is 10.9. The SMILES string of the molecule is CCC(=O)OCOc1ccc(Cc2c(C)cc(OCP(=O)(N[C@@H](C)C(=O)OC(C)C)Oc3ccccc3)cc2C)cc1C(C)C. The summed E-state index contributed by atoms with van der Waals surface area (Å²) in [5.74, 6) is 0.994. The van der Waals surface area contributed by atoms with Gasteiger partial charge in [-0.3, -0.25) is 14.2 Å². The Morgan fingerprint density at radius 3 is 2.13 bits per heavy atom. The highest BCUT2D eigenvalue weighted by Crippen LogP contribution is 2.44. The molecule has 0 saturated heterocycles. The van der Waals surface area contributed by atoms with Crippen LogP contribution in [0.3, 0.4) is 0 Å². The average molecular weight is 640 g/mol. The molecule has 3 aromatic rings. The molecule has 0 aromatic heterocycles. The molecule has 3 rings (SSSR count). The molecule has 0 aliphatic heterocycles. The Bertz CT molecular complexity index is 1470. The van der Waals surface area contributed by atoms with Crippen molar-refractivity contribution in [3.8, 4) is 17.2 Å². The minimum Gasteiger partial charge on any atom is -0.481 e. The molecule has 0 fully saturated rings. The molecule has 0 aliphatic carbocycles. The maximum Gasteiger partial charge on any atom is 0.354 e. The molecule has 244 valence electrons. The van der Waals surface area contributed by atoms with Crippen molar-refractivity contribution in [3.05, 3.63) is 88.5 Å². The highest BCUT2D eigenvalue weighted by molar-refractivity contribution is 7.57. The van der Waals surface area contributed by atoms with Crippen LogP contribution in [-0.2, 0) is 30.0 Å². The molecule has 45 heavy (non-hydrogen) atoms. The molecule has 3 aromatic carbocycles. The van der Waals surface area contributed by atoms with Gasteiger partial charge in [0.05, 0.1) is 6.10 Å². The Hall–Kier alpha value is -3.81. The van der Waals surface area contributed by atoms with Crippen LogP contribution in [-0.4, -0.2) is 37.2 Å². The van der Waals surface area contributed by atoms with Crippen LogP contribution in [0, 0.1) is 13.8 Å². The molecule has 0 aliphatic rings. The third-order valence-electron chi connectivity index (χ3n) is 6.96. The quantitative estimate of drug-likeness (QED) is 0.0952. The fourth-order valence-corrected chi connectivity index (χ4v) is 6.31. The molecule has 0 heterocycles. The van der Waals surface area contributed by atoms with E-state index in [1.165, 1.54) is 0 Å². The zero-order valence-electron chi connectivity index (χ0n) is 27.5. The Balaban J connectivity index is 1.77. The predicted molar refractivity (Wildman–Crippen MR) is 175 cm³/mol. The lowest BCUT2D eigenvalue weighted by Gasteiger charge is -2.24. The zero-order valence-corrected chi connectivity index (χ0v) is 28.4. The van der Waals surface area contributed by atoms with E-state index in [0.717, 1.165) is 27.8 Å². The van der Waals surface area contributed by atoms with Crippen molar-refractivity contribution in [1.82, 2.24) is 5.09 Å². The molecule has 0 bridgehead atoms. The number of hydrogen-bond acceptors (Lipinski definition) is 8. The summed E-state index contributed by atoms with van der Waals surface area (Å²) in [7, 11) is -3.71. The first-order valence-electron chi connectivity index (χ1n) is 15.3. The second-order valence-electron chi connectivity index (χ2n) is 11.6. The van der Waals surface area contributed by atoms with Gasteiger partial charge < -0.3 is 23.5 Å². The van der Waals surface area contributed by atoms with Crippen molar-refractivity contribution < 1.29 is 37.6 Å². The molecule has 0 radical (unpaired) electrons. The molecule has 0 amide bonds. The normalized spacial score (nSPS) is 13.2. The Labute approximate surface area is 267 Å². The predicted octanol–water partition coefficient (Wildman–Crippen LogP) is 7.85. The minimum absolute atomic E-state index is 0.120. The topological polar surface area (TPSA) is 109 Å². The van der Waals surface area contributed by atoms with Crippen LogP contribution in [0.2, 0.25) is 0 Å². The maximum atomic E-state index is 14.0. The van der Waals surface area contributed by atoms with E-state index < -0.39 is 19.5 Å². The Kier molecular flexibility index (Phi) is 13.1. The van der Waals surface area contributed by atoms with E-state index in [1.54, 1.807) is 52.0 Å². The number of nitrogens with one attached hydrogen (secondary N) is 1. The van der Waals surface area contributed by atoms with E-state index >= 15 is 0 Å². The van der Waals surface area contributed by atoms with Gasteiger partial charge in [0, 0.05) is 6.42 Å². The molecule has 10 heteroatoms. The molecule has 9 nitrogen and oxygen atoms in total. The lowest BCUT2D eigenvalue weighted by Crippen LogP contribution is -2.36. The van der Waals surface area contributed by atoms with Crippen molar-refractivity contribution >= 4 is 19.5 Å². The van der Waals surface area contributed by atoms with Gasteiger partial charge in [-0.05, 0) is 105 Å². The molecule has 1 N–H and O–H groups in total. The molecule has 1 unspecified atom stereocenters. The van der Waals surface area contributed by atoms with Gasteiger partial charge in [-0.2, -0.15) is 0 Å². The zero-order chi connectivity index (χ0) is 33.1.